The summed E-state index contributed by atoms with van der Waals surface area (Å²) >= 11 is 3.37. The lowest BCUT2D eigenvalue weighted by atomic mass is 10.3. The summed E-state index contributed by atoms with van der Waals surface area (Å²) in [4.78, 5) is 12.1. The van der Waals surface area contributed by atoms with Gasteiger partial charge >= 0.3 is 0 Å². The van der Waals surface area contributed by atoms with Gasteiger partial charge < -0.3 is 15.6 Å². The molecule has 0 aliphatic rings. The Morgan fingerprint density at radius 2 is 2.32 bits per heavy atom. The van der Waals surface area contributed by atoms with Crippen molar-refractivity contribution in [1.82, 2.24) is 19.7 Å². The van der Waals surface area contributed by atoms with Gasteiger partial charge in [-0.15, -0.1) is 0 Å². The molecule has 2 aromatic heterocycles. The second-order valence-electron chi connectivity index (χ2n) is 4.19. The maximum Gasteiger partial charge on any atom is 0.268 e. The highest BCUT2D eigenvalue weighted by Gasteiger charge is 2.13. The van der Waals surface area contributed by atoms with Crippen molar-refractivity contribution in [2.45, 2.75) is 20.0 Å². The van der Waals surface area contributed by atoms with Gasteiger partial charge in [0.15, 0.2) is 0 Å². The van der Waals surface area contributed by atoms with Gasteiger partial charge in [0.2, 0.25) is 0 Å². The number of rotatable bonds is 4. The predicted molar refractivity (Wildman–Crippen MR) is 76.6 cm³/mol. The first kappa shape index (κ1) is 13.7. The van der Waals surface area contributed by atoms with Crippen LogP contribution >= 0.6 is 15.9 Å². The number of aryl methyl sites for hydroxylation is 2. The summed E-state index contributed by atoms with van der Waals surface area (Å²) in [5.41, 5.74) is 7.26. The van der Waals surface area contributed by atoms with Crippen molar-refractivity contribution in [2.24, 2.45) is 7.05 Å². The highest BCUT2D eigenvalue weighted by molar-refractivity contribution is 9.10. The van der Waals surface area contributed by atoms with Crippen molar-refractivity contribution in [3.05, 3.63) is 34.2 Å². The molecule has 6 nitrogen and oxygen atoms in total. The summed E-state index contributed by atoms with van der Waals surface area (Å²) in [5.74, 6) is 0.433. The largest absolute Gasteiger partial charge is 0.384 e. The fourth-order valence-electron chi connectivity index (χ4n) is 1.82. The molecule has 3 N–H and O–H groups in total. The van der Waals surface area contributed by atoms with Crippen LogP contribution in [-0.2, 0) is 20.1 Å². The van der Waals surface area contributed by atoms with Crippen LogP contribution < -0.4 is 11.1 Å². The van der Waals surface area contributed by atoms with Crippen molar-refractivity contribution in [3.8, 4) is 0 Å². The molecule has 0 radical (unpaired) electrons. The number of halogens is 1. The van der Waals surface area contributed by atoms with Crippen LogP contribution in [0.25, 0.3) is 0 Å². The minimum atomic E-state index is -0.129. The first-order chi connectivity index (χ1) is 9.02. The number of nitrogens with one attached hydrogen (secondary N) is 1. The van der Waals surface area contributed by atoms with Gasteiger partial charge in [0, 0.05) is 36.4 Å². The highest BCUT2D eigenvalue weighted by atomic mass is 79.9. The molecular formula is C12H16BrN5O. The number of hydrogen-bond donors (Lipinski definition) is 2. The van der Waals surface area contributed by atoms with E-state index in [1.807, 2.05) is 17.7 Å². The van der Waals surface area contributed by atoms with Gasteiger partial charge in [0.1, 0.15) is 11.5 Å². The highest BCUT2D eigenvalue weighted by Crippen LogP contribution is 2.15. The number of carbonyl (C=O) groups excluding carboxylic acids is 1. The molecule has 2 heterocycles. The van der Waals surface area contributed by atoms with Gasteiger partial charge in [0.25, 0.3) is 5.91 Å². The molecule has 0 aliphatic heterocycles. The molecule has 0 saturated carbocycles. The Hall–Kier alpha value is -1.76. The van der Waals surface area contributed by atoms with Crippen LogP contribution in [0, 0.1) is 0 Å². The summed E-state index contributed by atoms with van der Waals surface area (Å²) in [7, 11) is 1.76. The molecular weight excluding hydrogens is 310 g/mol. The summed E-state index contributed by atoms with van der Waals surface area (Å²) < 4.78 is 4.35. The summed E-state index contributed by atoms with van der Waals surface area (Å²) in [6.07, 6.45) is 3.54. The fraction of sp³-hybridized carbons (Fsp3) is 0.333. The van der Waals surface area contributed by atoms with Crippen molar-refractivity contribution >= 4 is 27.7 Å². The van der Waals surface area contributed by atoms with E-state index < -0.39 is 0 Å². The molecule has 0 fully saturated rings. The van der Waals surface area contributed by atoms with Gasteiger partial charge in [-0.05, 0) is 28.9 Å². The van der Waals surface area contributed by atoms with Crippen LogP contribution in [0.1, 0.15) is 23.0 Å². The number of anilines is 1. The SMILES string of the molecule is CCn1cc(Br)cc1C(=O)NCc1cnn(C)c1N. The van der Waals surface area contributed by atoms with Gasteiger partial charge in [-0.3, -0.25) is 9.48 Å². The predicted octanol–water partition coefficient (Wildman–Crippen LogP) is 1.52. The van der Waals surface area contributed by atoms with Crippen LogP contribution in [0.3, 0.4) is 0 Å². The molecule has 7 heteroatoms. The molecule has 0 spiro atoms. The maximum atomic E-state index is 12.1. The standard InChI is InChI=1S/C12H16BrN5O/c1-3-18-7-9(13)4-10(18)12(19)15-5-8-6-16-17(2)11(8)14/h4,6-7H,3,5,14H2,1-2H3,(H,15,19). The lowest BCUT2D eigenvalue weighted by Crippen LogP contribution is -2.25. The van der Waals surface area contributed by atoms with E-state index >= 15 is 0 Å². The molecule has 102 valence electrons. The first-order valence-electron chi connectivity index (χ1n) is 5.93. The van der Waals surface area contributed by atoms with E-state index in [0.29, 0.717) is 18.1 Å². The number of nitrogens with zero attached hydrogens (tertiary/aromatic N) is 3. The third kappa shape index (κ3) is 2.81. The van der Waals surface area contributed by atoms with E-state index in [1.165, 1.54) is 0 Å². The first-order valence-corrected chi connectivity index (χ1v) is 6.72. The van der Waals surface area contributed by atoms with Crippen LogP contribution in [-0.4, -0.2) is 20.3 Å². The molecule has 1 amide bonds. The zero-order valence-electron chi connectivity index (χ0n) is 10.9. The van der Waals surface area contributed by atoms with Crippen molar-refractivity contribution in [3.63, 3.8) is 0 Å². The van der Waals surface area contributed by atoms with Gasteiger partial charge in [0.05, 0.1) is 6.20 Å². The van der Waals surface area contributed by atoms with E-state index in [-0.39, 0.29) is 5.91 Å². The molecule has 2 rings (SSSR count). The fourth-order valence-corrected chi connectivity index (χ4v) is 2.29. The zero-order valence-corrected chi connectivity index (χ0v) is 12.4. The van der Waals surface area contributed by atoms with Crippen molar-refractivity contribution < 1.29 is 4.79 Å². The molecule has 0 aliphatic carbocycles. The molecule has 0 bridgehead atoms. The number of hydrogen-bond acceptors (Lipinski definition) is 3. The van der Waals surface area contributed by atoms with E-state index in [1.54, 1.807) is 24.0 Å². The second kappa shape index (κ2) is 5.48. The van der Waals surface area contributed by atoms with Crippen LogP contribution in [0.4, 0.5) is 5.82 Å². The van der Waals surface area contributed by atoms with Crippen LogP contribution in [0.5, 0.6) is 0 Å². The molecule has 0 unspecified atom stereocenters. The summed E-state index contributed by atoms with van der Waals surface area (Å²) in [6, 6.07) is 1.80. The van der Waals surface area contributed by atoms with Crippen molar-refractivity contribution in [2.75, 3.05) is 5.73 Å². The topological polar surface area (TPSA) is 77.9 Å². The smallest absolute Gasteiger partial charge is 0.268 e. The van der Waals surface area contributed by atoms with Crippen LogP contribution in [0.2, 0.25) is 0 Å². The molecule has 0 saturated heterocycles. The van der Waals surface area contributed by atoms with E-state index in [2.05, 4.69) is 26.3 Å². The van der Waals surface area contributed by atoms with Gasteiger partial charge in [-0.1, -0.05) is 0 Å². The number of nitrogen functional groups attached to an aromatic ring is 1. The van der Waals surface area contributed by atoms with E-state index in [9.17, 15) is 4.79 Å². The Morgan fingerprint density at radius 3 is 2.89 bits per heavy atom. The van der Waals surface area contributed by atoms with E-state index in [4.69, 9.17) is 5.73 Å². The lowest BCUT2D eigenvalue weighted by Gasteiger charge is -2.07. The Bertz CT molecular complexity index is 601. The lowest BCUT2D eigenvalue weighted by molar-refractivity contribution is 0.0942. The third-order valence-corrected chi connectivity index (χ3v) is 3.37. The Morgan fingerprint density at radius 1 is 1.58 bits per heavy atom. The third-order valence-electron chi connectivity index (χ3n) is 2.94. The second-order valence-corrected chi connectivity index (χ2v) is 5.11. The average Bonchev–Trinajstić information content (AvgIpc) is 2.92. The van der Waals surface area contributed by atoms with Gasteiger partial charge in [-0.2, -0.15) is 5.10 Å². The molecule has 0 aromatic carbocycles. The number of nitrogens with two attached hydrogens (primary N) is 1. The van der Waals surface area contributed by atoms with E-state index in [0.717, 1.165) is 16.6 Å². The molecule has 19 heavy (non-hydrogen) atoms. The maximum absolute atomic E-state index is 12.1. The van der Waals surface area contributed by atoms with Crippen molar-refractivity contribution in [1.29, 1.82) is 0 Å². The Labute approximate surface area is 119 Å². The number of amides is 1. The average molecular weight is 326 g/mol. The Kier molecular flexibility index (Phi) is 3.94. The number of aromatic nitrogens is 3. The monoisotopic (exact) mass is 325 g/mol. The number of carbonyl (C=O) groups is 1. The minimum Gasteiger partial charge on any atom is -0.384 e. The van der Waals surface area contributed by atoms with Crippen LogP contribution in [0.15, 0.2) is 22.9 Å². The quantitative estimate of drug-likeness (QED) is 0.894. The Balaban J connectivity index is 2.07. The summed E-state index contributed by atoms with van der Waals surface area (Å²) in [6.45, 7) is 3.09. The molecule has 0 atom stereocenters. The normalized spacial score (nSPS) is 10.7. The van der Waals surface area contributed by atoms with Gasteiger partial charge in [-0.25, -0.2) is 0 Å². The zero-order chi connectivity index (χ0) is 14.0. The minimum absolute atomic E-state index is 0.129. The molecule has 2 aromatic rings. The summed E-state index contributed by atoms with van der Waals surface area (Å²) in [5, 5.41) is 6.88.